The Hall–Kier alpha value is -2.95. The van der Waals surface area contributed by atoms with Crippen LogP contribution in [0.2, 0.25) is 0 Å². The molecule has 3 fully saturated rings. The Labute approximate surface area is 210 Å². The van der Waals surface area contributed by atoms with E-state index in [0.29, 0.717) is 54.7 Å². The van der Waals surface area contributed by atoms with Gasteiger partial charge in [0.1, 0.15) is 24.1 Å². The lowest BCUT2D eigenvalue weighted by atomic mass is 9.86. The molecule has 1 aromatic carbocycles. The molecular formula is C25H31FN4O5S. The van der Waals surface area contributed by atoms with Crippen molar-refractivity contribution in [2.75, 3.05) is 31.3 Å². The fourth-order valence-corrected chi connectivity index (χ4v) is 5.93. The Bertz CT molecular complexity index is 1240. The Morgan fingerprint density at radius 3 is 2.50 bits per heavy atom. The van der Waals surface area contributed by atoms with Gasteiger partial charge in [0.05, 0.1) is 22.8 Å². The number of aromatic nitrogens is 2. The van der Waals surface area contributed by atoms with Crippen molar-refractivity contribution in [1.82, 2.24) is 14.9 Å². The number of hydrogen-bond acceptors (Lipinski definition) is 8. The van der Waals surface area contributed by atoms with Gasteiger partial charge in [0.25, 0.3) is 0 Å². The molecule has 2 bridgehead atoms. The molecule has 1 N–H and O–H groups in total. The van der Waals surface area contributed by atoms with E-state index in [9.17, 15) is 17.6 Å². The molecule has 11 heteroatoms. The molecule has 2 aliphatic carbocycles. The van der Waals surface area contributed by atoms with Crippen molar-refractivity contribution in [3.63, 3.8) is 0 Å². The van der Waals surface area contributed by atoms with Crippen LogP contribution in [0, 0.1) is 30.5 Å². The van der Waals surface area contributed by atoms with Gasteiger partial charge in [0, 0.05) is 25.3 Å². The number of nitrogens with one attached hydrogen (secondary N) is 1. The zero-order valence-corrected chi connectivity index (χ0v) is 21.3. The van der Waals surface area contributed by atoms with Crippen LogP contribution in [-0.4, -0.2) is 61.4 Å². The van der Waals surface area contributed by atoms with Crippen LogP contribution in [0.25, 0.3) is 0 Å². The number of sulfone groups is 1. The first-order chi connectivity index (χ1) is 17.2. The second-order valence-corrected chi connectivity index (χ2v) is 12.1. The SMILES string of the molecule is Cc1c(Nc2ccc(S(C)(=O)=O)cc2F)ncnc1OCC1C2CCC1CN(C(=O)OC1CCC1)C2. The molecule has 1 aliphatic heterocycles. The molecule has 2 heterocycles. The summed E-state index contributed by atoms with van der Waals surface area (Å²) in [5.74, 6) is 1.14. The van der Waals surface area contributed by atoms with Gasteiger partial charge >= 0.3 is 6.09 Å². The summed E-state index contributed by atoms with van der Waals surface area (Å²) in [6, 6.07) is 3.70. The van der Waals surface area contributed by atoms with Crippen LogP contribution < -0.4 is 10.1 Å². The highest BCUT2D eigenvalue weighted by Gasteiger charge is 2.44. The van der Waals surface area contributed by atoms with Gasteiger partial charge in [-0.15, -0.1) is 0 Å². The van der Waals surface area contributed by atoms with E-state index in [1.807, 2.05) is 4.90 Å². The fourth-order valence-electron chi connectivity index (χ4n) is 5.30. The molecule has 1 saturated heterocycles. The van der Waals surface area contributed by atoms with Gasteiger partial charge in [-0.05, 0) is 69.1 Å². The summed E-state index contributed by atoms with van der Waals surface area (Å²) in [4.78, 5) is 22.8. The first-order valence-electron chi connectivity index (χ1n) is 12.4. The average Bonchev–Trinajstić information content (AvgIpc) is 3.03. The zero-order valence-electron chi connectivity index (χ0n) is 20.4. The standard InChI is InChI=1S/C25H31FN4O5S/c1-15-23(29-22-9-8-19(10-21(22)26)36(2,32)33)27-14-28-24(15)34-13-20-16-6-7-17(20)12-30(11-16)25(31)35-18-4-3-5-18/h8-10,14,16-18,20H,3-7,11-13H2,1-2H3,(H,27,28,29). The number of likely N-dealkylation sites (tertiary alicyclic amines) is 1. The van der Waals surface area contributed by atoms with E-state index in [-0.39, 0.29) is 22.8 Å². The minimum atomic E-state index is -3.51. The van der Waals surface area contributed by atoms with E-state index in [4.69, 9.17) is 9.47 Å². The van der Waals surface area contributed by atoms with Gasteiger partial charge in [-0.1, -0.05) is 0 Å². The lowest BCUT2D eigenvalue weighted by Crippen LogP contribution is -2.47. The monoisotopic (exact) mass is 518 g/mol. The summed E-state index contributed by atoms with van der Waals surface area (Å²) in [7, 11) is -3.51. The van der Waals surface area contributed by atoms with Gasteiger partial charge in [-0.25, -0.2) is 27.6 Å². The molecule has 1 aromatic heterocycles. The van der Waals surface area contributed by atoms with Crippen LogP contribution in [0.1, 0.15) is 37.7 Å². The number of carbonyl (C=O) groups is 1. The van der Waals surface area contributed by atoms with Gasteiger partial charge in [0.2, 0.25) is 5.88 Å². The Balaban J connectivity index is 1.21. The predicted molar refractivity (Wildman–Crippen MR) is 130 cm³/mol. The molecule has 0 radical (unpaired) electrons. The van der Waals surface area contributed by atoms with Crippen molar-refractivity contribution in [2.24, 2.45) is 17.8 Å². The number of rotatable bonds is 7. The molecule has 2 saturated carbocycles. The first-order valence-corrected chi connectivity index (χ1v) is 14.2. The van der Waals surface area contributed by atoms with Gasteiger partial charge < -0.3 is 19.7 Å². The maximum Gasteiger partial charge on any atom is 0.410 e. The minimum absolute atomic E-state index is 0.0888. The summed E-state index contributed by atoms with van der Waals surface area (Å²) >= 11 is 0. The van der Waals surface area contributed by atoms with E-state index >= 15 is 0 Å². The molecule has 2 aromatic rings. The lowest BCUT2D eigenvalue weighted by Gasteiger charge is -2.38. The third-order valence-corrected chi connectivity index (χ3v) is 8.79. The third kappa shape index (κ3) is 5.11. The first kappa shape index (κ1) is 24.7. The predicted octanol–water partition coefficient (Wildman–Crippen LogP) is 4.10. The zero-order chi connectivity index (χ0) is 25.4. The molecule has 2 unspecified atom stereocenters. The Morgan fingerprint density at radius 2 is 1.89 bits per heavy atom. The average molecular weight is 519 g/mol. The van der Waals surface area contributed by atoms with Crippen molar-refractivity contribution >= 4 is 27.4 Å². The highest BCUT2D eigenvalue weighted by molar-refractivity contribution is 7.90. The van der Waals surface area contributed by atoms with E-state index in [0.717, 1.165) is 44.4 Å². The maximum absolute atomic E-state index is 14.5. The van der Waals surface area contributed by atoms with Crippen LogP contribution in [0.4, 0.5) is 20.7 Å². The number of nitrogens with zero attached hydrogens (tertiary/aromatic N) is 3. The molecule has 194 valence electrons. The minimum Gasteiger partial charge on any atom is -0.477 e. The number of ether oxygens (including phenoxy) is 2. The largest absolute Gasteiger partial charge is 0.477 e. The normalized spacial score (nSPS) is 23.8. The molecule has 1 amide bonds. The van der Waals surface area contributed by atoms with Crippen LogP contribution in [-0.2, 0) is 14.6 Å². The highest BCUT2D eigenvalue weighted by Crippen LogP contribution is 2.42. The van der Waals surface area contributed by atoms with E-state index < -0.39 is 15.7 Å². The second kappa shape index (κ2) is 9.84. The van der Waals surface area contributed by atoms with Gasteiger partial charge in [0.15, 0.2) is 9.84 Å². The smallest absolute Gasteiger partial charge is 0.410 e. The third-order valence-electron chi connectivity index (χ3n) is 7.68. The summed E-state index contributed by atoms with van der Waals surface area (Å²) in [5.41, 5.74) is 0.729. The van der Waals surface area contributed by atoms with Crippen LogP contribution in [0.5, 0.6) is 5.88 Å². The van der Waals surface area contributed by atoms with Crippen molar-refractivity contribution < 1.29 is 27.1 Å². The lowest BCUT2D eigenvalue weighted by molar-refractivity contribution is 0.00565. The van der Waals surface area contributed by atoms with E-state index in [1.165, 1.54) is 18.5 Å². The summed E-state index contributed by atoms with van der Waals surface area (Å²) in [6.07, 6.45) is 7.47. The van der Waals surface area contributed by atoms with Crippen molar-refractivity contribution in [2.45, 2.75) is 50.0 Å². The molecule has 0 spiro atoms. The van der Waals surface area contributed by atoms with E-state index in [1.54, 1.807) is 6.92 Å². The number of anilines is 2. The molecule has 9 nitrogen and oxygen atoms in total. The number of hydrogen-bond donors (Lipinski definition) is 1. The number of benzene rings is 1. The Morgan fingerprint density at radius 1 is 1.17 bits per heavy atom. The van der Waals surface area contributed by atoms with Gasteiger partial charge in [-0.3, -0.25) is 0 Å². The number of carbonyl (C=O) groups excluding carboxylic acids is 1. The summed E-state index contributed by atoms with van der Waals surface area (Å²) in [5, 5.41) is 2.91. The van der Waals surface area contributed by atoms with Crippen LogP contribution in [0.3, 0.4) is 0 Å². The molecule has 3 aliphatic rings. The summed E-state index contributed by atoms with van der Waals surface area (Å²) < 4.78 is 49.6. The van der Waals surface area contributed by atoms with Crippen molar-refractivity contribution in [3.05, 3.63) is 35.9 Å². The number of fused-ring (bicyclic) bond motifs is 2. The Kier molecular flexibility index (Phi) is 6.76. The summed E-state index contributed by atoms with van der Waals surface area (Å²) in [6.45, 7) is 3.65. The highest BCUT2D eigenvalue weighted by atomic mass is 32.2. The topological polar surface area (TPSA) is 111 Å². The second-order valence-electron chi connectivity index (χ2n) is 10.1. The molecule has 36 heavy (non-hydrogen) atoms. The maximum atomic E-state index is 14.5. The van der Waals surface area contributed by atoms with Gasteiger partial charge in [-0.2, -0.15) is 0 Å². The molecule has 5 rings (SSSR count). The van der Waals surface area contributed by atoms with Crippen molar-refractivity contribution in [3.8, 4) is 5.88 Å². The quantitative estimate of drug-likeness (QED) is 0.583. The fraction of sp³-hybridized carbons (Fsp3) is 0.560. The molecule has 2 atom stereocenters. The number of amides is 1. The number of piperidine rings is 1. The van der Waals surface area contributed by atoms with E-state index in [2.05, 4.69) is 15.3 Å². The number of halogens is 1. The van der Waals surface area contributed by atoms with Crippen LogP contribution in [0.15, 0.2) is 29.4 Å². The van der Waals surface area contributed by atoms with Crippen LogP contribution >= 0.6 is 0 Å². The molecular weight excluding hydrogens is 487 g/mol. The van der Waals surface area contributed by atoms with Crippen molar-refractivity contribution in [1.29, 1.82) is 0 Å².